The molecular formula is C24H26N6O2S2. The molecule has 0 aliphatic carbocycles. The first-order chi connectivity index (χ1) is 16.4. The Morgan fingerprint density at radius 3 is 2.62 bits per heavy atom. The molecule has 5 heterocycles. The maximum atomic E-state index is 13.6. The smallest absolute Gasteiger partial charge is 0.254 e. The Morgan fingerprint density at radius 2 is 1.97 bits per heavy atom. The summed E-state index contributed by atoms with van der Waals surface area (Å²) in [5, 5.41) is 12.7. The van der Waals surface area contributed by atoms with Gasteiger partial charge in [0.1, 0.15) is 0 Å². The van der Waals surface area contributed by atoms with Crippen LogP contribution in [0.25, 0.3) is 21.6 Å². The van der Waals surface area contributed by atoms with Crippen molar-refractivity contribution in [3.8, 4) is 10.6 Å². The second-order valence-electron chi connectivity index (χ2n) is 8.80. The number of amides is 2. The molecule has 0 saturated carbocycles. The lowest BCUT2D eigenvalue weighted by Gasteiger charge is -2.31. The number of carbonyl (C=O) groups excluding carboxylic acids is 2. The monoisotopic (exact) mass is 494 g/mol. The third-order valence-electron chi connectivity index (χ3n) is 6.06. The van der Waals surface area contributed by atoms with E-state index in [1.165, 1.54) is 11.3 Å². The summed E-state index contributed by atoms with van der Waals surface area (Å²) in [4.78, 5) is 38.3. The predicted molar refractivity (Wildman–Crippen MR) is 135 cm³/mol. The second kappa shape index (κ2) is 9.27. The first-order valence-electron chi connectivity index (χ1n) is 11.3. The van der Waals surface area contributed by atoms with Crippen molar-refractivity contribution in [2.24, 2.45) is 5.92 Å². The fourth-order valence-electron chi connectivity index (χ4n) is 4.26. The molecule has 1 aliphatic rings. The third-order valence-corrected chi connectivity index (χ3v) is 7.83. The van der Waals surface area contributed by atoms with E-state index < -0.39 is 0 Å². The molecule has 0 radical (unpaired) electrons. The summed E-state index contributed by atoms with van der Waals surface area (Å²) in [6.45, 7) is 7.07. The maximum Gasteiger partial charge on any atom is 0.254 e. The van der Waals surface area contributed by atoms with Gasteiger partial charge in [-0.1, -0.05) is 6.07 Å². The number of carbonyl (C=O) groups is 2. The van der Waals surface area contributed by atoms with Crippen molar-refractivity contribution >= 4 is 50.7 Å². The first-order valence-corrected chi connectivity index (χ1v) is 13.1. The van der Waals surface area contributed by atoms with E-state index in [0.29, 0.717) is 36.6 Å². The van der Waals surface area contributed by atoms with Crippen LogP contribution in [-0.4, -0.2) is 49.6 Å². The molecule has 5 rings (SSSR count). The lowest BCUT2D eigenvalue weighted by molar-refractivity contribution is -0.121. The number of hydrogen-bond acceptors (Lipinski definition) is 7. The number of thiazole rings is 1. The summed E-state index contributed by atoms with van der Waals surface area (Å²) in [6.07, 6.45) is 2.99. The normalized spacial score (nSPS) is 14.8. The third kappa shape index (κ3) is 4.35. The molecule has 8 nitrogen and oxygen atoms in total. The predicted octanol–water partition coefficient (Wildman–Crippen LogP) is 5.00. The molecule has 176 valence electrons. The largest absolute Gasteiger partial charge is 0.339 e. The van der Waals surface area contributed by atoms with Crippen molar-refractivity contribution in [3.05, 3.63) is 46.4 Å². The number of nitrogens with zero attached hydrogens (tertiary/aromatic N) is 5. The van der Waals surface area contributed by atoms with E-state index in [1.54, 1.807) is 17.5 Å². The molecule has 2 amide bonds. The molecule has 0 bridgehead atoms. The molecule has 0 atom stereocenters. The zero-order chi connectivity index (χ0) is 23.8. The van der Waals surface area contributed by atoms with Gasteiger partial charge in [0, 0.05) is 30.4 Å². The Balaban J connectivity index is 1.37. The van der Waals surface area contributed by atoms with Crippen molar-refractivity contribution in [1.29, 1.82) is 0 Å². The van der Waals surface area contributed by atoms with Gasteiger partial charge in [0.15, 0.2) is 10.8 Å². The van der Waals surface area contributed by atoms with Gasteiger partial charge in [-0.05, 0) is 51.1 Å². The summed E-state index contributed by atoms with van der Waals surface area (Å²) in [7, 11) is 0. The highest BCUT2D eigenvalue weighted by Crippen LogP contribution is 2.30. The summed E-state index contributed by atoms with van der Waals surface area (Å²) < 4.78 is 1.86. The van der Waals surface area contributed by atoms with Crippen molar-refractivity contribution in [1.82, 2.24) is 24.6 Å². The van der Waals surface area contributed by atoms with Crippen LogP contribution in [0.4, 0.5) is 5.13 Å². The van der Waals surface area contributed by atoms with Gasteiger partial charge in [0.2, 0.25) is 5.91 Å². The zero-order valence-electron chi connectivity index (χ0n) is 19.3. The number of pyridine rings is 1. The molecule has 1 fully saturated rings. The van der Waals surface area contributed by atoms with Crippen LogP contribution in [0, 0.1) is 12.8 Å². The number of aryl methyl sites for hydroxylation is 1. The Labute approximate surface area is 205 Å². The van der Waals surface area contributed by atoms with Crippen LogP contribution in [-0.2, 0) is 4.79 Å². The molecular weight excluding hydrogens is 468 g/mol. The number of fused-ring (bicyclic) bond motifs is 1. The molecule has 1 saturated heterocycles. The minimum Gasteiger partial charge on any atom is -0.339 e. The van der Waals surface area contributed by atoms with Crippen LogP contribution in [0.5, 0.6) is 0 Å². The van der Waals surface area contributed by atoms with E-state index in [-0.39, 0.29) is 23.8 Å². The highest BCUT2D eigenvalue weighted by molar-refractivity contribution is 7.14. The summed E-state index contributed by atoms with van der Waals surface area (Å²) in [5.74, 6) is -0.190. The van der Waals surface area contributed by atoms with Gasteiger partial charge in [0.25, 0.3) is 5.91 Å². The van der Waals surface area contributed by atoms with Crippen molar-refractivity contribution in [2.75, 3.05) is 18.4 Å². The molecule has 1 aliphatic heterocycles. The topological polar surface area (TPSA) is 93.0 Å². The molecule has 0 aromatic carbocycles. The van der Waals surface area contributed by atoms with E-state index in [9.17, 15) is 9.59 Å². The van der Waals surface area contributed by atoms with E-state index in [2.05, 4.69) is 29.2 Å². The van der Waals surface area contributed by atoms with Crippen LogP contribution >= 0.6 is 22.7 Å². The lowest BCUT2D eigenvalue weighted by Crippen LogP contribution is -2.41. The van der Waals surface area contributed by atoms with Gasteiger partial charge >= 0.3 is 0 Å². The van der Waals surface area contributed by atoms with E-state index in [1.807, 2.05) is 45.5 Å². The first kappa shape index (κ1) is 22.7. The number of rotatable bonds is 5. The van der Waals surface area contributed by atoms with Crippen molar-refractivity contribution in [3.63, 3.8) is 0 Å². The summed E-state index contributed by atoms with van der Waals surface area (Å²) in [5.41, 5.74) is 3.01. The minimum absolute atomic E-state index is 0.0223. The van der Waals surface area contributed by atoms with E-state index in [4.69, 9.17) is 4.98 Å². The second-order valence-corrected chi connectivity index (χ2v) is 10.6. The average molecular weight is 495 g/mol. The molecule has 0 unspecified atom stereocenters. The van der Waals surface area contributed by atoms with Gasteiger partial charge in [-0.25, -0.2) is 14.6 Å². The number of aromatic nitrogens is 4. The zero-order valence-corrected chi connectivity index (χ0v) is 20.9. The SMILES string of the molecule is Cc1csc(NC(=O)C2CCN(C(=O)c3cc(-c4cccs4)nc4c3cnn4C(C)C)CC2)n1. The Hall–Kier alpha value is -3.11. The number of likely N-dealkylation sites (tertiary alicyclic amines) is 1. The fourth-order valence-corrected chi connectivity index (χ4v) is 5.63. The van der Waals surface area contributed by atoms with Crippen LogP contribution in [0.2, 0.25) is 0 Å². The number of hydrogen-bond donors (Lipinski definition) is 1. The number of anilines is 1. The van der Waals surface area contributed by atoms with Gasteiger partial charge in [-0.15, -0.1) is 22.7 Å². The molecule has 34 heavy (non-hydrogen) atoms. The summed E-state index contributed by atoms with van der Waals surface area (Å²) in [6, 6.07) is 6.00. The van der Waals surface area contributed by atoms with Gasteiger partial charge in [-0.2, -0.15) is 5.10 Å². The molecule has 0 spiro atoms. The maximum absolute atomic E-state index is 13.6. The lowest BCUT2D eigenvalue weighted by atomic mass is 9.95. The van der Waals surface area contributed by atoms with E-state index >= 15 is 0 Å². The minimum atomic E-state index is -0.129. The van der Waals surface area contributed by atoms with E-state index in [0.717, 1.165) is 27.3 Å². The van der Waals surface area contributed by atoms with Crippen LogP contribution in [0.3, 0.4) is 0 Å². The Morgan fingerprint density at radius 1 is 1.18 bits per heavy atom. The van der Waals surface area contributed by atoms with Crippen LogP contribution < -0.4 is 5.32 Å². The molecule has 4 aromatic heterocycles. The summed E-state index contributed by atoms with van der Waals surface area (Å²) >= 11 is 3.03. The number of piperidine rings is 1. The molecule has 4 aromatic rings. The number of nitrogens with one attached hydrogen (secondary N) is 1. The fraction of sp³-hybridized carbons (Fsp3) is 0.375. The highest BCUT2D eigenvalue weighted by Gasteiger charge is 2.30. The molecule has 10 heteroatoms. The van der Waals surface area contributed by atoms with Gasteiger partial charge in [0.05, 0.1) is 33.4 Å². The highest BCUT2D eigenvalue weighted by atomic mass is 32.1. The quantitative estimate of drug-likeness (QED) is 0.422. The number of thiophene rings is 1. The molecule has 1 N–H and O–H groups in total. The van der Waals surface area contributed by atoms with Crippen LogP contribution in [0.15, 0.2) is 35.2 Å². The van der Waals surface area contributed by atoms with Crippen LogP contribution in [0.1, 0.15) is 48.8 Å². The standard InChI is InChI=1S/C24H26N6O2S2/c1-14(2)30-21-18(12-25-30)17(11-19(27-21)20-5-4-10-33-20)23(32)29-8-6-16(7-9-29)22(31)28-24-26-15(3)13-34-24/h4-5,10-14,16H,6-9H2,1-3H3,(H,26,28,31). The Kier molecular flexibility index (Phi) is 6.18. The average Bonchev–Trinajstić information content (AvgIpc) is 3.59. The van der Waals surface area contributed by atoms with Gasteiger partial charge in [-0.3, -0.25) is 9.59 Å². The van der Waals surface area contributed by atoms with Crippen molar-refractivity contribution in [2.45, 2.75) is 39.7 Å². The Bertz CT molecular complexity index is 1330. The van der Waals surface area contributed by atoms with Gasteiger partial charge < -0.3 is 10.2 Å². The van der Waals surface area contributed by atoms with Crippen molar-refractivity contribution < 1.29 is 9.59 Å².